The summed E-state index contributed by atoms with van der Waals surface area (Å²) in [6, 6.07) is 12.9. The molecule has 6 heteroatoms. The fourth-order valence-electron chi connectivity index (χ4n) is 2.56. The lowest BCUT2D eigenvalue weighted by Gasteiger charge is -2.22. The minimum atomic E-state index is -3.58. The molecule has 0 spiro atoms. The zero-order valence-electron chi connectivity index (χ0n) is 15.9. The van der Waals surface area contributed by atoms with Gasteiger partial charge in [-0.25, -0.2) is 8.42 Å². The lowest BCUT2D eigenvalue weighted by Crippen LogP contribution is -2.37. The third kappa shape index (κ3) is 5.08. The van der Waals surface area contributed by atoms with Crippen molar-refractivity contribution >= 4 is 27.3 Å². The Morgan fingerprint density at radius 1 is 1.04 bits per heavy atom. The highest BCUT2D eigenvalue weighted by Crippen LogP contribution is 2.22. The Labute approximate surface area is 156 Å². The Morgan fingerprint density at radius 2 is 1.65 bits per heavy atom. The predicted octanol–water partition coefficient (Wildman–Crippen LogP) is 3.83. The number of amides is 1. The molecule has 0 aliphatic heterocycles. The van der Waals surface area contributed by atoms with E-state index in [1.807, 2.05) is 44.2 Å². The second-order valence-corrected chi connectivity index (χ2v) is 8.77. The van der Waals surface area contributed by atoms with Gasteiger partial charge in [0, 0.05) is 5.69 Å². The van der Waals surface area contributed by atoms with E-state index in [0.717, 1.165) is 21.7 Å². The van der Waals surface area contributed by atoms with Crippen LogP contribution < -0.4 is 9.62 Å². The van der Waals surface area contributed by atoms with Crippen molar-refractivity contribution in [2.45, 2.75) is 33.6 Å². The zero-order valence-corrected chi connectivity index (χ0v) is 16.7. The van der Waals surface area contributed by atoms with Crippen LogP contribution in [0.2, 0.25) is 0 Å². The van der Waals surface area contributed by atoms with E-state index in [2.05, 4.69) is 19.2 Å². The van der Waals surface area contributed by atoms with Crippen LogP contribution in [0.3, 0.4) is 0 Å². The van der Waals surface area contributed by atoms with E-state index in [-0.39, 0.29) is 12.5 Å². The monoisotopic (exact) mass is 374 g/mol. The molecule has 0 saturated carbocycles. The number of rotatable bonds is 6. The Hall–Kier alpha value is -2.34. The molecular weight excluding hydrogens is 348 g/mol. The first-order valence-electron chi connectivity index (χ1n) is 8.52. The number of hydrogen-bond acceptors (Lipinski definition) is 3. The van der Waals surface area contributed by atoms with Gasteiger partial charge in [-0.1, -0.05) is 32.0 Å². The molecule has 0 atom stereocenters. The Bertz CT molecular complexity index is 888. The maximum absolute atomic E-state index is 12.4. The Kier molecular flexibility index (Phi) is 6.08. The van der Waals surface area contributed by atoms with E-state index in [1.54, 1.807) is 12.1 Å². The number of carbonyl (C=O) groups excluding carboxylic acids is 1. The van der Waals surface area contributed by atoms with Crippen LogP contribution in [0, 0.1) is 13.8 Å². The van der Waals surface area contributed by atoms with Gasteiger partial charge in [0.05, 0.1) is 11.9 Å². The van der Waals surface area contributed by atoms with Crippen LogP contribution in [-0.4, -0.2) is 27.1 Å². The van der Waals surface area contributed by atoms with Gasteiger partial charge in [0.25, 0.3) is 0 Å². The summed E-state index contributed by atoms with van der Waals surface area (Å²) < 4.78 is 25.5. The summed E-state index contributed by atoms with van der Waals surface area (Å²) in [4.78, 5) is 12.4. The van der Waals surface area contributed by atoms with E-state index in [9.17, 15) is 13.2 Å². The summed E-state index contributed by atoms with van der Waals surface area (Å²) in [6.07, 6.45) is 1.10. The third-order valence-corrected chi connectivity index (χ3v) is 5.47. The Balaban J connectivity index is 2.17. The maximum Gasteiger partial charge on any atom is 0.245 e. The largest absolute Gasteiger partial charge is 0.325 e. The van der Waals surface area contributed by atoms with Gasteiger partial charge in [0.2, 0.25) is 15.9 Å². The summed E-state index contributed by atoms with van der Waals surface area (Å²) in [5, 5.41) is 2.76. The SMILES string of the molecule is Cc1ccc(N(CC(=O)Nc2ccc(C(C)C)cc2)S(C)(=O)=O)cc1C. The lowest BCUT2D eigenvalue weighted by atomic mass is 10.0. The highest BCUT2D eigenvalue weighted by Gasteiger charge is 2.21. The number of hydrogen-bond donors (Lipinski definition) is 1. The molecule has 2 aromatic rings. The van der Waals surface area contributed by atoms with Gasteiger partial charge in [0.1, 0.15) is 6.54 Å². The first-order valence-corrected chi connectivity index (χ1v) is 10.4. The van der Waals surface area contributed by atoms with Crippen molar-refractivity contribution < 1.29 is 13.2 Å². The van der Waals surface area contributed by atoms with Crippen LogP contribution in [0.1, 0.15) is 36.5 Å². The normalized spacial score (nSPS) is 11.5. The molecule has 1 amide bonds. The zero-order chi connectivity index (χ0) is 19.5. The summed E-state index contributed by atoms with van der Waals surface area (Å²) in [6.45, 7) is 7.79. The van der Waals surface area contributed by atoms with Crippen molar-refractivity contribution in [3.63, 3.8) is 0 Å². The van der Waals surface area contributed by atoms with Crippen molar-refractivity contribution in [2.24, 2.45) is 0 Å². The van der Waals surface area contributed by atoms with Crippen molar-refractivity contribution in [3.05, 3.63) is 59.2 Å². The molecule has 26 heavy (non-hydrogen) atoms. The number of sulfonamides is 1. The van der Waals surface area contributed by atoms with Crippen molar-refractivity contribution in [3.8, 4) is 0 Å². The minimum absolute atomic E-state index is 0.271. The summed E-state index contributed by atoms with van der Waals surface area (Å²) in [7, 11) is -3.58. The number of nitrogens with zero attached hydrogens (tertiary/aromatic N) is 1. The molecule has 140 valence electrons. The number of anilines is 2. The van der Waals surface area contributed by atoms with Crippen LogP contribution in [0.25, 0.3) is 0 Å². The number of carbonyl (C=O) groups is 1. The van der Waals surface area contributed by atoms with Crippen LogP contribution in [0.15, 0.2) is 42.5 Å². The number of benzene rings is 2. The van der Waals surface area contributed by atoms with Gasteiger partial charge in [-0.15, -0.1) is 0 Å². The molecule has 0 aliphatic rings. The van der Waals surface area contributed by atoms with E-state index in [1.165, 1.54) is 5.56 Å². The molecule has 0 unspecified atom stereocenters. The standard InChI is InChI=1S/C20H26N2O3S/c1-14(2)17-7-9-18(10-8-17)21-20(23)13-22(26(5,24)25)19-11-6-15(3)16(4)12-19/h6-12,14H,13H2,1-5H3,(H,21,23). The Morgan fingerprint density at radius 3 is 2.15 bits per heavy atom. The molecule has 2 aromatic carbocycles. The molecular formula is C20H26N2O3S. The molecule has 0 fully saturated rings. The van der Waals surface area contributed by atoms with Crippen LogP contribution in [0.4, 0.5) is 11.4 Å². The predicted molar refractivity (Wildman–Crippen MR) is 107 cm³/mol. The highest BCUT2D eigenvalue weighted by molar-refractivity contribution is 7.92. The van der Waals surface area contributed by atoms with E-state index in [4.69, 9.17) is 0 Å². The van der Waals surface area contributed by atoms with Crippen molar-refractivity contribution in [1.82, 2.24) is 0 Å². The quantitative estimate of drug-likeness (QED) is 0.835. The second kappa shape index (κ2) is 7.91. The molecule has 5 nitrogen and oxygen atoms in total. The molecule has 0 saturated heterocycles. The van der Waals surface area contributed by atoms with Gasteiger partial charge in [-0.05, 0) is 60.7 Å². The summed E-state index contributed by atoms with van der Waals surface area (Å²) in [5.41, 5.74) is 4.35. The average molecular weight is 375 g/mol. The van der Waals surface area contributed by atoms with Gasteiger partial charge in [0.15, 0.2) is 0 Å². The lowest BCUT2D eigenvalue weighted by molar-refractivity contribution is -0.114. The molecule has 0 heterocycles. The molecule has 0 radical (unpaired) electrons. The van der Waals surface area contributed by atoms with Crippen LogP contribution in [-0.2, 0) is 14.8 Å². The molecule has 0 aromatic heterocycles. The second-order valence-electron chi connectivity index (χ2n) is 6.86. The fraction of sp³-hybridized carbons (Fsp3) is 0.350. The smallest absolute Gasteiger partial charge is 0.245 e. The first kappa shape index (κ1) is 20.0. The summed E-state index contributed by atoms with van der Waals surface area (Å²) >= 11 is 0. The van der Waals surface area contributed by atoms with Gasteiger partial charge in [-0.3, -0.25) is 9.10 Å². The molecule has 0 bridgehead atoms. The van der Waals surface area contributed by atoms with Crippen molar-refractivity contribution in [1.29, 1.82) is 0 Å². The highest BCUT2D eigenvalue weighted by atomic mass is 32.2. The van der Waals surface area contributed by atoms with E-state index < -0.39 is 10.0 Å². The van der Waals surface area contributed by atoms with Gasteiger partial charge < -0.3 is 5.32 Å². The average Bonchev–Trinajstić information content (AvgIpc) is 2.55. The van der Waals surface area contributed by atoms with Crippen LogP contribution >= 0.6 is 0 Å². The maximum atomic E-state index is 12.4. The van der Waals surface area contributed by atoms with Crippen LogP contribution in [0.5, 0.6) is 0 Å². The van der Waals surface area contributed by atoms with Gasteiger partial charge >= 0.3 is 0 Å². The fourth-order valence-corrected chi connectivity index (χ4v) is 3.41. The van der Waals surface area contributed by atoms with Crippen molar-refractivity contribution in [2.75, 3.05) is 22.4 Å². The topological polar surface area (TPSA) is 66.5 Å². The minimum Gasteiger partial charge on any atom is -0.325 e. The van der Waals surface area contributed by atoms with E-state index in [0.29, 0.717) is 17.3 Å². The molecule has 0 aliphatic carbocycles. The number of aryl methyl sites for hydroxylation is 2. The number of nitrogens with one attached hydrogen (secondary N) is 1. The third-order valence-electron chi connectivity index (χ3n) is 4.33. The molecule has 2 rings (SSSR count). The molecule has 1 N–H and O–H groups in total. The van der Waals surface area contributed by atoms with Gasteiger partial charge in [-0.2, -0.15) is 0 Å². The van der Waals surface area contributed by atoms with E-state index >= 15 is 0 Å². The summed E-state index contributed by atoms with van der Waals surface area (Å²) in [5.74, 6) is 0.0243. The first-order chi connectivity index (χ1) is 12.1.